The van der Waals surface area contributed by atoms with Crippen LogP contribution >= 0.6 is 23.2 Å². The van der Waals surface area contributed by atoms with E-state index in [1.54, 1.807) is 42.9 Å². The van der Waals surface area contributed by atoms with Gasteiger partial charge in [-0.2, -0.15) is 0 Å². The Hall–Kier alpha value is -2.69. The average Bonchev–Trinajstić information content (AvgIpc) is 2.62. The van der Waals surface area contributed by atoms with Crippen LogP contribution in [0, 0.1) is 0 Å². The maximum absolute atomic E-state index is 12.3. The molecule has 4 nitrogen and oxygen atoms in total. The summed E-state index contributed by atoms with van der Waals surface area (Å²) in [4.78, 5) is 20.7. The van der Waals surface area contributed by atoms with E-state index in [1.165, 1.54) is 6.07 Å². The molecule has 2 aromatic carbocycles. The Kier molecular flexibility index (Phi) is 5.43. The molecule has 25 heavy (non-hydrogen) atoms. The lowest BCUT2D eigenvalue weighted by atomic mass is 10.2. The van der Waals surface area contributed by atoms with Gasteiger partial charge in [0.2, 0.25) is 0 Å². The number of carbonyl (C=O) groups excluding carboxylic acids is 1. The second kappa shape index (κ2) is 7.92. The van der Waals surface area contributed by atoms with Crippen LogP contribution in [-0.4, -0.2) is 17.1 Å². The van der Waals surface area contributed by atoms with Gasteiger partial charge in [0.05, 0.1) is 16.3 Å². The fraction of sp³-hybridized carbons (Fsp3) is 0. The normalized spacial score (nSPS) is 10.8. The van der Waals surface area contributed by atoms with Crippen LogP contribution in [0.5, 0.6) is 0 Å². The lowest BCUT2D eigenvalue weighted by Crippen LogP contribution is -2.12. The number of amides is 1. The maximum atomic E-state index is 12.3. The van der Waals surface area contributed by atoms with Crippen molar-refractivity contribution in [1.82, 2.24) is 4.98 Å². The maximum Gasteiger partial charge on any atom is 0.257 e. The molecule has 1 heterocycles. The first-order chi connectivity index (χ1) is 12.1. The van der Waals surface area contributed by atoms with Crippen molar-refractivity contribution in [2.75, 3.05) is 5.32 Å². The third-order valence-electron chi connectivity index (χ3n) is 3.35. The fourth-order valence-electron chi connectivity index (χ4n) is 2.10. The smallest absolute Gasteiger partial charge is 0.257 e. The standard InChI is InChI=1S/C19H13Cl2N3O/c20-14-3-8-17(18(21)10-14)19(25)24-16-6-4-15(5-7-16)23-12-13-2-1-9-22-11-13/h1-12H,(H,24,25). The van der Waals surface area contributed by atoms with E-state index < -0.39 is 0 Å². The Morgan fingerprint density at radius 2 is 1.88 bits per heavy atom. The zero-order valence-electron chi connectivity index (χ0n) is 13.0. The van der Waals surface area contributed by atoms with Gasteiger partial charge < -0.3 is 5.32 Å². The number of pyridine rings is 1. The molecule has 1 N–H and O–H groups in total. The summed E-state index contributed by atoms with van der Waals surface area (Å²) in [6.45, 7) is 0. The van der Waals surface area contributed by atoms with Crippen molar-refractivity contribution in [3.8, 4) is 0 Å². The molecule has 0 saturated heterocycles. The van der Waals surface area contributed by atoms with Crippen molar-refractivity contribution in [3.05, 3.63) is 88.2 Å². The molecule has 0 radical (unpaired) electrons. The molecule has 0 unspecified atom stereocenters. The predicted molar refractivity (Wildman–Crippen MR) is 102 cm³/mol. The van der Waals surface area contributed by atoms with Gasteiger partial charge in [-0.1, -0.05) is 29.3 Å². The minimum absolute atomic E-state index is 0.298. The molecule has 124 valence electrons. The van der Waals surface area contributed by atoms with Gasteiger partial charge in [0.15, 0.2) is 0 Å². The minimum Gasteiger partial charge on any atom is -0.322 e. The number of carbonyl (C=O) groups is 1. The summed E-state index contributed by atoms with van der Waals surface area (Å²) in [5.41, 5.74) is 2.70. The van der Waals surface area contributed by atoms with Crippen LogP contribution in [0.15, 0.2) is 72.0 Å². The van der Waals surface area contributed by atoms with Crippen molar-refractivity contribution in [1.29, 1.82) is 0 Å². The zero-order chi connectivity index (χ0) is 17.6. The molecular weight excluding hydrogens is 357 g/mol. The monoisotopic (exact) mass is 369 g/mol. The van der Waals surface area contributed by atoms with Crippen molar-refractivity contribution in [2.24, 2.45) is 4.99 Å². The van der Waals surface area contributed by atoms with E-state index in [0.717, 1.165) is 11.3 Å². The molecular formula is C19H13Cl2N3O. The number of hydrogen-bond acceptors (Lipinski definition) is 3. The predicted octanol–water partition coefficient (Wildman–Crippen LogP) is 5.39. The Balaban J connectivity index is 1.68. The third-order valence-corrected chi connectivity index (χ3v) is 3.90. The van der Waals surface area contributed by atoms with Crippen LogP contribution in [0.25, 0.3) is 0 Å². The van der Waals surface area contributed by atoms with Gasteiger partial charge in [0.1, 0.15) is 0 Å². The summed E-state index contributed by atoms with van der Waals surface area (Å²) >= 11 is 11.9. The van der Waals surface area contributed by atoms with E-state index in [2.05, 4.69) is 15.3 Å². The Bertz CT molecular complexity index is 910. The van der Waals surface area contributed by atoms with Gasteiger partial charge in [0.25, 0.3) is 5.91 Å². The molecule has 0 aliphatic rings. The summed E-state index contributed by atoms with van der Waals surface area (Å²) in [5, 5.41) is 3.58. The van der Waals surface area contributed by atoms with Crippen LogP contribution in [-0.2, 0) is 0 Å². The summed E-state index contributed by atoms with van der Waals surface area (Å²) < 4.78 is 0. The second-order valence-corrected chi connectivity index (χ2v) is 6.01. The van der Waals surface area contributed by atoms with E-state index in [0.29, 0.717) is 21.3 Å². The van der Waals surface area contributed by atoms with Crippen LogP contribution in [0.3, 0.4) is 0 Å². The topological polar surface area (TPSA) is 54.4 Å². The van der Waals surface area contributed by atoms with Gasteiger partial charge in [0, 0.05) is 34.9 Å². The van der Waals surface area contributed by atoms with Crippen molar-refractivity contribution >= 4 is 46.7 Å². The number of nitrogens with zero attached hydrogens (tertiary/aromatic N) is 2. The number of anilines is 1. The number of nitrogens with one attached hydrogen (secondary N) is 1. The average molecular weight is 370 g/mol. The van der Waals surface area contributed by atoms with Crippen LogP contribution < -0.4 is 5.32 Å². The number of rotatable bonds is 4. The highest BCUT2D eigenvalue weighted by atomic mass is 35.5. The first kappa shape index (κ1) is 17.1. The molecule has 0 spiro atoms. The quantitative estimate of drug-likeness (QED) is 0.626. The van der Waals surface area contributed by atoms with E-state index in [-0.39, 0.29) is 5.91 Å². The fourth-order valence-corrected chi connectivity index (χ4v) is 2.60. The molecule has 1 aromatic heterocycles. The van der Waals surface area contributed by atoms with E-state index in [1.807, 2.05) is 24.3 Å². The minimum atomic E-state index is -0.298. The van der Waals surface area contributed by atoms with Crippen LogP contribution in [0.4, 0.5) is 11.4 Å². The largest absolute Gasteiger partial charge is 0.322 e. The SMILES string of the molecule is O=C(Nc1ccc(N=Cc2cccnc2)cc1)c1ccc(Cl)cc1Cl. The molecule has 3 aromatic rings. The zero-order valence-corrected chi connectivity index (χ0v) is 14.5. The Morgan fingerprint density at radius 1 is 1.08 bits per heavy atom. The Labute approximate surface area is 155 Å². The third kappa shape index (κ3) is 4.66. The number of aromatic nitrogens is 1. The van der Waals surface area contributed by atoms with Crippen molar-refractivity contribution in [3.63, 3.8) is 0 Å². The molecule has 0 bridgehead atoms. The Morgan fingerprint density at radius 3 is 2.56 bits per heavy atom. The number of halogens is 2. The van der Waals surface area contributed by atoms with Gasteiger partial charge >= 0.3 is 0 Å². The molecule has 0 aliphatic carbocycles. The van der Waals surface area contributed by atoms with E-state index >= 15 is 0 Å². The highest BCUT2D eigenvalue weighted by molar-refractivity contribution is 6.37. The summed E-state index contributed by atoms with van der Waals surface area (Å²) in [6, 6.07) is 15.7. The lowest BCUT2D eigenvalue weighted by Gasteiger charge is -2.07. The second-order valence-electron chi connectivity index (χ2n) is 5.17. The highest BCUT2D eigenvalue weighted by Crippen LogP contribution is 2.23. The molecule has 6 heteroatoms. The van der Waals surface area contributed by atoms with Gasteiger partial charge in [-0.15, -0.1) is 0 Å². The van der Waals surface area contributed by atoms with Crippen molar-refractivity contribution < 1.29 is 4.79 Å². The van der Waals surface area contributed by atoms with Crippen molar-refractivity contribution in [2.45, 2.75) is 0 Å². The van der Waals surface area contributed by atoms with E-state index in [9.17, 15) is 4.79 Å². The number of benzene rings is 2. The first-order valence-corrected chi connectivity index (χ1v) is 8.18. The summed E-state index contributed by atoms with van der Waals surface area (Å²) in [6.07, 6.45) is 5.17. The number of hydrogen-bond donors (Lipinski definition) is 1. The molecule has 1 amide bonds. The molecule has 0 saturated carbocycles. The van der Waals surface area contributed by atoms with Crippen LogP contribution in [0.2, 0.25) is 10.0 Å². The van der Waals surface area contributed by atoms with E-state index in [4.69, 9.17) is 23.2 Å². The first-order valence-electron chi connectivity index (χ1n) is 7.42. The van der Waals surface area contributed by atoms with Gasteiger partial charge in [-0.05, 0) is 48.5 Å². The van der Waals surface area contributed by atoms with Crippen LogP contribution in [0.1, 0.15) is 15.9 Å². The summed E-state index contributed by atoms with van der Waals surface area (Å²) in [5.74, 6) is -0.298. The molecule has 0 aliphatic heterocycles. The molecule has 0 fully saturated rings. The molecule has 3 rings (SSSR count). The van der Waals surface area contributed by atoms with Gasteiger partial charge in [-0.25, -0.2) is 0 Å². The van der Waals surface area contributed by atoms with Gasteiger partial charge in [-0.3, -0.25) is 14.8 Å². The number of aliphatic imine (C=N–C) groups is 1. The molecule has 0 atom stereocenters. The summed E-state index contributed by atoms with van der Waals surface area (Å²) in [7, 11) is 0. The lowest BCUT2D eigenvalue weighted by molar-refractivity contribution is 0.102. The highest BCUT2D eigenvalue weighted by Gasteiger charge is 2.10.